The number of anilines is 3. The molecule has 3 aromatic carbocycles. The summed E-state index contributed by atoms with van der Waals surface area (Å²) >= 11 is 2.47. The molecule has 0 unspecified atom stereocenters. The number of para-hydroxylation sites is 2. The summed E-state index contributed by atoms with van der Waals surface area (Å²) in [7, 11) is 0. The molecule has 40 heavy (non-hydrogen) atoms. The zero-order chi connectivity index (χ0) is 27.5. The van der Waals surface area contributed by atoms with Crippen LogP contribution < -0.4 is 4.90 Å². The summed E-state index contributed by atoms with van der Waals surface area (Å²) < 4.78 is 9.10. The summed E-state index contributed by atoms with van der Waals surface area (Å²) in [6.45, 7) is 0. The van der Waals surface area contributed by atoms with E-state index in [1.165, 1.54) is 17.4 Å². The highest BCUT2D eigenvalue weighted by Gasteiger charge is 2.18. The maximum absolute atomic E-state index is 11.2. The number of aliphatic carboxylic acids is 1. The first kappa shape index (κ1) is 25.1. The molecule has 0 saturated heterocycles. The monoisotopic (exact) mass is 557 g/mol. The van der Waals surface area contributed by atoms with Crippen LogP contribution in [0, 0.1) is 11.3 Å². The molecule has 0 saturated carbocycles. The Hall–Kier alpha value is -5.17. The highest BCUT2D eigenvalue weighted by molar-refractivity contribution is 7.16. The van der Waals surface area contributed by atoms with E-state index in [0.717, 1.165) is 50.3 Å². The number of carboxylic acids is 1. The van der Waals surface area contributed by atoms with Gasteiger partial charge in [-0.05, 0) is 60.2 Å². The molecule has 6 aromatic rings. The summed E-state index contributed by atoms with van der Waals surface area (Å²) in [5.41, 5.74) is 6.77. The van der Waals surface area contributed by atoms with Crippen LogP contribution in [0.25, 0.3) is 38.8 Å². The first-order chi connectivity index (χ1) is 19.6. The zero-order valence-electron chi connectivity index (χ0n) is 20.8. The molecular weight excluding hydrogens is 539 g/mol. The van der Waals surface area contributed by atoms with Crippen molar-refractivity contribution in [3.63, 3.8) is 0 Å². The molecule has 1 N–H and O–H groups in total. The van der Waals surface area contributed by atoms with E-state index in [1.807, 2.05) is 42.5 Å². The van der Waals surface area contributed by atoms with Gasteiger partial charge in [0.1, 0.15) is 28.4 Å². The number of hydrogen-bond acceptors (Lipinski definition) is 8. The molecule has 192 valence electrons. The molecule has 6 rings (SSSR count). The number of benzene rings is 3. The number of rotatable bonds is 7. The van der Waals surface area contributed by atoms with Crippen LogP contribution in [-0.2, 0) is 4.79 Å². The summed E-state index contributed by atoms with van der Waals surface area (Å²) in [6, 6.07) is 34.1. The first-order valence-corrected chi connectivity index (χ1v) is 13.7. The van der Waals surface area contributed by atoms with Gasteiger partial charge in [0.15, 0.2) is 0 Å². The number of nitriles is 1. The molecule has 7 nitrogen and oxygen atoms in total. The number of carbonyl (C=O) groups is 1. The van der Waals surface area contributed by atoms with Gasteiger partial charge in [-0.1, -0.05) is 48.5 Å². The fourth-order valence-electron chi connectivity index (χ4n) is 4.40. The molecule has 0 spiro atoms. The smallest absolute Gasteiger partial charge is 0.346 e. The molecule has 0 aliphatic rings. The summed E-state index contributed by atoms with van der Waals surface area (Å²) in [6.07, 6.45) is 3.16. The Kier molecular flexibility index (Phi) is 6.85. The van der Waals surface area contributed by atoms with Crippen molar-refractivity contribution in [3.8, 4) is 27.8 Å². The lowest BCUT2D eigenvalue weighted by Gasteiger charge is -2.25. The molecule has 0 aliphatic heterocycles. The average molecular weight is 558 g/mol. The third-order valence-electron chi connectivity index (χ3n) is 6.25. The predicted octanol–water partition coefficient (Wildman–Crippen LogP) is 7.94. The van der Waals surface area contributed by atoms with E-state index >= 15 is 0 Å². The van der Waals surface area contributed by atoms with Crippen LogP contribution in [0.1, 0.15) is 4.88 Å². The number of aromatic nitrogens is 3. The van der Waals surface area contributed by atoms with Gasteiger partial charge in [-0.15, -0.1) is 11.3 Å². The topological polar surface area (TPSA) is 103 Å². The molecule has 3 aromatic heterocycles. The SMILES string of the molecule is N#C/C(=C\c1ccc(-c2ncc(-c3ccc(N(c4ccccc4)c4ccccc4)cc3)c3nsnc23)s1)C(=O)O. The van der Waals surface area contributed by atoms with E-state index < -0.39 is 5.97 Å². The second-order valence-electron chi connectivity index (χ2n) is 8.71. The lowest BCUT2D eigenvalue weighted by Crippen LogP contribution is -2.09. The predicted molar refractivity (Wildman–Crippen MR) is 160 cm³/mol. The largest absolute Gasteiger partial charge is 0.477 e. The van der Waals surface area contributed by atoms with Gasteiger partial charge >= 0.3 is 5.97 Å². The van der Waals surface area contributed by atoms with Crippen LogP contribution in [0.4, 0.5) is 17.1 Å². The third-order valence-corrected chi connectivity index (χ3v) is 7.82. The lowest BCUT2D eigenvalue weighted by molar-refractivity contribution is -0.132. The van der Waals surface area contributed by atoms with Crippen molar-refractivity contribution < 1.29 is 9.90 Å². The van der Waals surface area contributed by atoms with E-state index in [2.05, 4.69) is 62.2 Å². The van der Waals surface area contributed by atoms with Crippen molar-refractivity contribution in [2.75, 3.05) is 4.90 Å². The standard InChI is InChI=1S/C31H19N5O2S2/c32-18-21(31(37)38)17-25-15-16-27(39-25)29-30-28(34-40-35-30)26(19-33-29)20-11-13-24(14-12-20)36(22-7-3-1-4-8-22)23-9-5-2-6-10-23/h1-17,19H,(H,37,38)/b21-17+. The molecule has 0 bridgehead atoms. The summed E-state index contributed by atoms with van der Waals surface area (Å²) in [5.74, 6) is -1.26. The number of fused-ring (bicyclic) bond motifs is 1. The van der Waals surface area contributed by atoms with Crippen LogP contribution in [0.3, 0.4) is 0 Å². The number of nitrogens with zero attached hydrogens (tertiary/aromatic N) is 5. The number of carboxylic acid groups (broad SMARTS) is 1. The fraction of sp³-hybridized carbons (Fsp3) is 0. The minimum atomic E-state index is -1.26. The molecule has 0 aliphatic carbocycles. The lowest BCUT2D eigenvalue weighted by atomic mass is 10.0. The maximum atomic E-state index is 11.2. The Morgan fingerprint density at radius 1 is 0.825 bits per heavy atom. The molecule has 3 heterocycles. The van der Waals surface area contributed by atoms with Gasteiger partial charge in [-0.25, -0.2) is 4.79 Å². The minimum absolute atomic E-state index is 0.321. The zero-order valence-corrected chi connectivity index (χ0v) is 22.4. The fourth-order valence-corrected chi connectivity index (χ4v) is 5.91. The normalized spacial score (nSPS) is 11.3. The van der Waals surface area contributed by atoms with E-state index in [9.17, 15) is 4.79 Å². The number of thiophene rings is 1. The molecule has 0 radical (unpaired) electrons. The van der Waals surface area contributed by atoms with Crippen molar-refractivity contribution in [1.29, 1.82) is 5.26 Å². The van der Waals surface area contributed by atoms with Crippen molar-refractivity contribution in [2.45, 2.75) is 0 Å². The van der Waals surface area contributed by atoms with Crippen LogP contribution in [0.2, 0.25) is 0 Å². The molecular formula is C31H19N5O2S2. The molecule has 9 heteroatoms. The van der Waals surface area contributed by atoms with Crippen molar-refractivity contribution in [3.05, 3.63) is 114 Å². The third kappa shape index (κ3) is 4.85. The van der Waals surface area contributed by atoms with Crippen LogP contribution in [-0.4, -0.2) is 24.8 Å². The van der Waals surface area contributed by atoms with E-state index in [-0.39, 0.29) is 5.57 Å². The second kappa shape index (κ2) is 10.9. The number of hydrogen-bond donors (Lipinski definition) is 1. The van der Waals surface area contributed by atoms with Crippen LogP contribution in [0.5, 0.6) is 0 Å². The van der Waals surface area contributed by atoms with Gasteiger partial charge in [-0.2, -0.15) is 14.0 Å². The van der Waals surface area contributed by atoms with E-state index in [1.54, 1.807) is 18.3 Å². The number of pyridine rings is 1. The van der Waals surface area contributed by atoms with Gasteiger partial charge in [0.2, 0.25) is 0 Å². The maximum Gasteiger partial charge on any atom is 0.346 e. The van der Waals surface area contributed by atoms with Gasteiger partial charge in [0, 0.05) is 33.7 Å². The van der Waals surface area contributed by atoms with E-state index in [4.69, 9.17) is 15.4 Å². The Balaban J connectivity index is 1.36. The highest BCUT2D eigenvalue weighted by atomic mass is 32.1. The first-order valence-electron chi connectivity index (χ1n) is 12.2. The van der Waals surface area contributed by atoms with Gasteiger partial charge in [0.25, 0.3) is 0 Å². The molecule has 0 atom stereocenters. The van der Waals surface area contributed by atoms with E-state index in [0.29, 0.717) is 16.1 Å². The van der Waals surface area contributed by atoms with Crippen LogP contribution >= 0.6 is 23.1 Å². The molecule has 0 fully saturated rings. The summed E-state index contributed by atoms with van der Waals surface area (Å²) in [5, 5.41) is 18.2. The Morgan fingerprint density at radius 2 is 1.45 bits per heavy atom. The van der Waals surface area contributed by atoms with Gasteiger partial charge in [-0.3, -0.25) is 4.98 Å². The Morgan fingerprint density at radius 3 is 2.08 bits per heavy atom. The van der Waals surface area contributed by atoms with Crippen molar-refractivity contribution >= 4 is 63.2 Å². The van der Waals surface area contributed by atoms with Gasteiger partial charge < -0.3 is 10.0 Å². The average Bonchev–Trinajstić information content (AvgIpc) is 3.67. The van der Waals surface area contributed by atoms with Crippen molar-refractivity contribution in [2.24, 2.45) is 0 Å². The highest BCUT2D eigenvalue weighted by Crippen LogP contribution is 2.38. The van der Waals surface area contributed by atoms with Gasteiger partial charge in [0.05, 0.1) is 16.6 Å². The summed E-state index contributed by atoms with van der Waals surface area (Å²) in [4.78, 5) is 19.6. The Labute approximate surface area is 237 Å². The second-order valence-corrected chi connectivity index (χ2v) is 10.4. The van der Waals surface area contributed by atoms with Crippen LogP contribution in [0.15, 0.2) is 109 Å². The van der Waals surface area contributed by atoms with Crippen molar-refractivity contribution in [1.82, 2.24) is 13.7 Å². The Bertz CT molecular complexity index is 1850. The quantitative estimate of drug-likeness (QED) is 0.157. The molecule has 0 amide bonds. The minimum Gasteiger partial charge on any atom is -0.477 e.